The van der Waals surface area contributed by atoms with Crippen LogP contribution in [0.15, 0.2) is 28.8 Å². The molecule has 0 saturated carbocycles. The quantitative estimate of drug-likeness (QED) is 0.927. The Morgan fingerprint density at radius 3 is 2.47 bits per heavy atom. The molecule has 19 heavy (non-hydrogen) atoms. The highest BCUT2D eigenvalue weighted by molar-refractivity contribution is 6.02. The molecule has 4 nitrogen and oxygen atoms in total. The van der Waals surface area contributed by atoms with Crippen LogP contribution in [0.1, 0.15) is 36.0 Å². The van der Waals surface area contributed by atoms with Crippen molar-refractivity contribution in [1.82, 2.24) is 5.16 Å². The molecule has 0 spiro atoms. The van der Waals surface area contributed by atoms with E-state index in [4.69, 9.17) is 4.52 Å². The summed E-state index contributed by atoms with van der Waals surface area (Å²) in [6.45, 7) is 3.75. The molecule has 0 bridgehead atoms. The van der Waals surface area contributed by atoms with Crippen molar-refractivity contribution in [3.8, 4) is 0 Å². The largest absolute Gasteiger partial charge is 0.360 e. The van der Waals surface area contributed by atoms with Crippen LogP contribution in [0, 0.1) is 11.6 Å². The van der Waals surface area contributed by atoms with E-state index >= 15 is 0 Å². The number of anilines is 1. The molecule has 0 aliphatic carbocycles. The predicted octanol–water partition coefficient (Wildman–Crippen LogP) is 3.33. The molecule has 0 fully saturated rings. The van der Waals surface area contributed by atoms with Gasteiger partial charge < -0.3 is 9.84 Å². The molecule has 0 aliphatic heterocycles. The minimum atomic E-state index is -0.846. The first-order chi connectivity index (χ1) is 8.99. The maximum atomic E-state index is 13.4. The number of rotatable bonds is 3. The van der Waals surface area contributed by atoms with E-state index in [1.807, 2.05) is 13.8 Å². The highest BCUT2D eigenvalue weighted by atomic mass is 19.1. The summed E-state index contributed by atoms with van der Waals surface area (Å²) in [5, 5.41) is 5.70. The van der Waals surface area contributed by atoms with E-state index in [1.54, 1.807) is 0 Å². The van der Waals surface area contributed by atoms with E-state index in [0.717, 1.165) is 12.1 Å². The van der Waals surface area contributed by atoms with Gasteiger partial charge in [-0.05, 0) is 12.1 Å². The lowest BCUT2D eigenvalue weighted by molar-refractivity contribution is 0.101. The first kappa shape index (κ1) is 13.2. The topological polar surface area (TPSA) is 55.1 Å². The van der Waals surface area contributed by atoms with Crippen LogP contribution in [-0.4, -0.2) is 11.1 Å². The monoisotopic (exact) mass is 266 g/mol. The van der Waals surface area contributed by atoms with Crippen molar-refractivity contribution in [2.45, 2.75) is 19.8 Å². The molecular weight excluding hydrogens is 254 g/mol. The number of hydrogen-bond donors (Lipinski definition) is 1. The minimum absolute atomic E-state index is 0.0219. The molecule has 100 valence electrons. The fourth-order valence-corrected chi connectivity index (χ4v) is 1.46. The van der Waals surface area contributed by atoms with Crippen LogP contribution >= 0.6 is 0 Å². The van der Waals surface area contributed by atoms with Crippen molar-refractivity contribution in [3.05, 3.63) is 47.4 Å². The molecule has 1 N–H and O–H groups in total. The van der Waals surface area contributed by atoms with E-state index in [2.05, 4.69) is 10.5 Å². The summed E-state index contributed by atoms with van der Waals surface area (Å²) in [6, 6.07) is 4.77. The van der Waals surface area contributed by atoms with Crippen LogP contribution in [0.5, 0.6) is 0 Å². The molecule has 2 aromatic rings. The van der Waals surface area contributed by atoms with Gasteiger partial charge in [-0.2, -0.15) is 0 Å². The van der Waals surface area contributed by atoms with Gasteiger partial charge in [0.25, 0.3) is 5.91 Å². The van der Waals surface area contributed by atoms with E-state index in [9.17, 15) is 13.6 Å². The predicted molar refractivity (Wildman–Crippen MR) is 64.9 cm³/mol. The molecule has 0 radical (unpaired) electrons. The van der Waals surface area contributed by atoms with E-state index in [-0.39, 0.29) is 11.6 Å². The Morgan fingerprint density at radius 2 is 1.95 bits per heavy atom. The SMILES string of the molecule is CC(C)c1cc(C(=O)Nc2c(F)cccc2F)no1. The van der Waals surface area contributed by atoms with Gasteiger partial charge in [0.05, 0.1) is 0 Å². The third-order valence-corrected chi connectivity index (χ3v) is 2.53. The van der Waals surface area contributed by atoms with Crippen molar-refractivity contribution in [2.24, 2.45) is 0 Å². The molecule has 0 saturated heterocycles. The Hall–Kier alpha value is -2.24. The van der Waals surface area contributed by atoms with Gasteiger partial charge >= 0.3 is 0 Å². The highest BCUT2D eigenvalue weighted by Crippen LogP contribution is 2.20. The lowest BCUT2D eigenvalue weighted by Gasteiger charge is -2.05. The summed E-state index contributed by atoms with van der Waals surface area (Å²) in [5.74, 6) is -1.82. The smallest absolute Gasteiger partial charge is 0.278 e. The first-order valence-electron chi connectivity index (χ1n) is 5.71. The summed E-state index contributed by atoms with van der Waals surface area (Å²) in [4.78, 5) is 11.8. The summed E-state index contributed by atoms with van der Waals surface area (Å²) >= 11 is 0. The number of carbonyl (C=O) groups excluding carboxylic acids is 1. The molecule has 1 amide bonds. The van der Waals surface area contributed by atoms with Crippen molar-refractivity contribution < 1.29 is 18.1 Å². The number of para-hydroxylation sites is 1. The summed E-state index contributed by atoms with van der Waals surface area (Å²) in [5.41, 5.74) is -0.520. The number of hydrogen-bond acceptors (Lipinski definition) is 3. The Kier molecular flexibility index (Phi) is 3.59. The molecule has 0 aliphatic rings. The average Bonchev–Trinajstić information content (AvgIpc) is 2.83. The van der Waals surface area contributed by atoms with Crippen molar-refractivity contribution in [1.29, 1.82) is 0 Å². The normalized spacial score (nSPS) is 10.8. The van der Waals surface area contributed by atoms with Gasteiger partial charge in [-0.25, -0.2) is 8.78 Å². The third-order valence-electron chi connectivity index (χ3n) is 2.53. The van der Waals surface area contributed by atoms with Gasteiger partial charge in [0, 0.05) is 12.0 Å². The minimum Gasteiger partial charge on any atom is -0.360 e. The van der Waals surface area contributed by atoms with Gasteiger partial charge in [-0.1, -0.05) is 25.1 Å². The van der Waals surface area contributed by atoms with Crippen LogP contribution in [0.2, 0.25) is 0 Å². The number of benzene rings is 1. The highest BCUT2D eigenvalue weighted by Gasteiger charge is 2.17. The van der Waals surface area contributed by atoms with Crippen LogP contribution < -0.4 is 5.32 Å². The molecule has 1 heterocycles. The maximum Gasteiger partial charge on any atom is 0.278 e. The Labute approximate surface area is 108 Å². The maximum absolute atomic E-state index is 13.4. The summed E-state index contributed by atoms with van der Waals surface area (Å²) in [6.07, 6.45) is 0. The number of nitrogens with zero attached hydrogens (tertiary/aromatic N) is 1. The van der Waals surface area contributed by atoms with Crippen LogP contribution in [-0.2, 0) is 0 Å². The zero-order valence-electron chi connectivity index (χ0n) is 10.4. The van der Waals surface area contributed by atoms with Crippen molar-refractivity contribution in [3.63, 3.8) is 0 Å². The van der Waals surface area contributed by atoms with Crippen LogP contribution in [0.3, 0.4) is 0 Å². The standard InChI is InChI=1S/C13H12F2N2O2/c1-7(2)11-6-10(17-19-11)13(18)16-12-8(14)4-3-5-9(12)15/h3-7H,1-2H3,(H,16,18). The van der Waals surface area contributed by atoms with Gasteiger partial charge in [0.15, 0.2) is 5.69 Å². The summed E-state index contributed by atoms with van der Waals surface area (Å²) < 4.78 is 31.7. The van der Waals surface area contributed by atoms with Crippen molar-refractivity contribution >= 4 is 11.6 Å². The molecule has 0 atom stereocenters. The van der Waals surface area contributed by atoms with Crippen molar-refractivity contribution in [2.75, 3.05) is 5.32 Å². The molecule has 6 heteroatoms. The van der Waals surface area contributed by atoms with Crippen LogP contribution in [0.4, 0.5) is 14.5 Å². The number of aromatic nitrogens is 1. The Balaban J connectivity index is 2.21. The number of nitrogens with one attached hydrogen (secondary N) is 1. The average molecular weight is 266 g/mol. The first-order valence-corrected chi connectivity index (χ1v) is 5.71. The van der Waals surface area contributed by atoms with Crippen LogP contribution in [0.25, 0.3) is 0 Å². The second-order valence-corrected chi connectivity index (χ2v) is 4.32. The number of halogens is 2. The Morgan fingerprint density at radius 1 is 1.32 bits per heavy atom. The lowest BCUT2D eigenvalue weighted by Crippen LogP contribution is -2.14. The Bertz CT molecular complexity index is 588. The van der Waals surface area contributed by atoms with Gasteiger partial charge in [0.1, 0.15) is 23.1 Å². The van der Waals surface area contributed by atoms with Gasteiger partial charge in [-0.3, -0.25) is 4.79 Å². The fraction of sp³-hybridized carbons (Fsp3) is 0.231. The number of carbonyl (C=O) groups is 1. The van der Waals surface area contributed by atoms with E-state index in [1.165, 1.54) is 12.1 Å². The lowest BCUT2D eigenvalue weighted by atomic mass is 10.1. The molecule has 1 aromatic heterocycles. The third kappa shape index (κ3) is 2.78. The van der Waals surface area contributed by atoms with Gasteiger partial charge in [0.2, 0.25) is 0 Å². The molecular formula is C13H12F2N2O2. The molecule has 2 rings (SSSR count). The zero-order chi connectivity index (χ0) is 14.0. The zero-order valence-corrected chi connectivity index (χ0v) is 10.4. The number of amides is 1. The molecule has 1 aromatic carbocycles. The van der Waals surface area contributed by atoms with E-state index < -0.39 is 23.2 Å². The second kappa shape index (κ2) is 5.17. The second-order valence-electron chi connectivity index (χ2n) is 4.32. The molecule has 0 unspecified atom stereocenters. The fourth-order valence-electron chi connectivity index (χ4n) is 1.46. The van der Waals surface area contributed by atoms with Gasteiger partial charge in [-0.15, -0.1) is 0 Å². The summed E-state index contributed by atoms with van der Waals surface area (Å²) in [7, 11) is 0. The van der Waals surface area contributed by atoms with E-state index in [0.29, 0.717) is 5.76 Å².